The highest BCUT2D eigenvalue weighted by Gasteiger charge is 2.16. The molecule has 0 bridgehead atoms. The molecule has 12 aromatic rings. The SMILES string of the molecule is c1ccc2sc(-c3ccc4c(ccc5c6ccc(-c7ccc8c(c7)oc7c9ccc(-c%10cc%11ccccc%11s%10)cc9ccc87)cc6oc45)c3)cc2c1. The summed E-state index contributed by atoms with van der Waals surface area (Å²) in [5.74, 6) is 0. The average Bonchev–Trinajstić information content (AvgIpc) is 3.99. The summed E-state index contributed by atoms with van der Waals surface area (Å²) in [6.45, 7) is 0. The van der Waals surface area contributed by atoms with Gasteiger partial charge >= 0.3 is 0 Å². The van der Waals surface area contributed by atoms with Gasteiger partial charge in [0.25, 0.3) is 0 Å². The van der Waals surface area contributed by atoms with Crippen LogP contribution in [0.25, 0.3) is 118 Å². The number of rotatable bonds is 3. The summed E-state index contributed by atoms with van der Waals surface area (Å²) < 4.78 is 15.9. The molecule has 0 aliphatic rings. The molecular weight excluding hydrogens is 673 g/mol. The van der Waals surface area contributed by atoms with E-state index in [1.165, 1.54) is 51.8 Å². The van der Waals surface area contributed by atoms with Gasteiger partial charge in [-0.15, -0.1) is 22.7 Å². The summed E-state index contributed by atoms with van der Waals surface area (Å²) in [5, 5.41) is 11.7. The third kappa shape index (κ3) is 4.23. The van der Waals surface area contributed by atoms with Gasteiger partial charge in [-0.2, -0.15) is 0 Å². The van der Waals surface area contributed by atoms with E-state index >= 15 is 0 Å². The summed E-state index contributed by atoms with van der Waals surface area (Å²) in [5.41, 5.74) is 8.31. The summed E-state index contributed by atoms with van der Waals surface area (Å²) in [6, 6.07) is 57.1. The Kier molecular flexibility index (Phi) is 5.84. The van der Waals surface area contributed by atoms with Crippen LogP contribution in [0.15, 0.2) is 167 Å². The first kappa shape index (κ1) is 28.5. The van der Waals surface area contributed by atoms with Crippen molar-refractivity contribution in [3.05, 3.63) is 158 Å². The van der Waals surface area contributed by atoms with Crippen molar-refractivity contribution in [2.75, 3.05) is 0 Å². The number of thiophene rings is 2. The minimum atomic E-state index is 0.888. The Morgan fingerprint density at radius 3 is 1.21 bits per heavy atom. The topological polar surface area (TPSA) is 26.3 Å². The molecule has 242 valence electrons. The summed E-state index contributed by atoms with van der Waals surface area (Å²) in [7, 11) is 0. The fourth-order valence-electron chi connectivity index (χ4n) is 8.04. The molecule has 4 aromatic heterocycles. The maximum absolute atomic E-state index is 6.64. The molecule has 4 heterocycles. The Morgan fingerprint density at radius 1 is 0.308 bits per heavy atom. The van der Waals surface area contributed by atoms with Gasteiger partial charge in [0, 0.05) is 51.5 Å². The first-order chi connectivity index (χ1) is 25.7. The largest absolute Gasteiger partial charge is 0.455 e. The van der Waals surface area contributed by atoms with Gasteiger partial charge in [-0.3, -0.25) is 0 Å². The highest BCUT2D eigenvalue weighted by Crippen LogP contribution is 2.42. The molecule has 0 aliphatic carbocycles. The zero-order valence-corrected chi connectivity index (χ0v) is 29.3. The van der Waals surface area contributed by atoms with Crippen molar-refractivity contribution in [2.45, 2.75) is 0 Å². The maximum Gasteiger partial charge on any atom is 0.143 e. The highest BCUT2D eigenvalue weighted by molar-refractivity contribution is 7.22. The fraction of sp³-hybridized carbons (Fsp3) is 0. The molecule has 0 fully saturated rings. The Morgan fingerprint density at radius 2 is 0.731 bits per heavy atom. The average molecular weight is 699 g/mol. The normalized spacial score (nSPS) is 12.2. The van der Waals surface area contributed by atoms with E-state index < -0.39 is 0 Å². The van der Waals surface area contributed by atoms with E-state index in [9.17, 15) is 0 Å². The number of hydrogen-bond donors (Lipinski definition) is 0. The monoisotopic (exact) mass is 698 g/mol. The molecule has 0 N–H and O–H groups in total. The van der Waals surface area contributed by atoms with Gasteiger partial charge in [0.1, 0.15) is 22.3 Å². The fourth-order valence-corrected chi connectivity index (χ4v) is 10.2. The molecule has 4 heteroatoms. The zero-order chi connectivity index (χ0) is 33.9. The molecule has 0 spiro atoms. The lowest BCUT2D eigenvalue weighted by atomic mass is 10.00. The number of benzene rings is 8. The van der Waals surface area contributed by atoms with E-state index in [4.69, 9.17) is 8.83 Å². The minimum absolute atomic E-state index is 0.888. The van der Waals surface area contributed by atoms with Crippen molar-refractivity contribution in [3.63, 3.8) is 0 Å². The Bertz CT molecular complexity index is 3130. The molecular formula is C48H26O2S2. The van der Waals surface area contributed by atoms with Crippen LogP contribution in [0.1, 0.15) is 0 Å². The smallest absolute Gasteiger partial charge is 0.143 e. The molecule has 0 saturated carbocycles. The quantitative estimate of drug-likeness (QED) is 0.184. The number of furan rings is 2. The molecule has 12 rings (SSSR count). The predicted molar refractivity (Wildman–Crippen MR) is 223 cm³/mol. The van der Waals surface area contributed by atoms with E-state index in [-0.39, 0.29) is 0 Å². The van der Waals surface area contributed by atoms with E-state index in [2.05, 4.69) is 158 Å². The predicted octanol–water partition coefficient (Wildman–Crippen LogP) is 15.2. The Hall–Kier alpha value is -6.20. The second-order valence-electron chi connectivity index (χ2n) is 13.7. The van der Waals surface area contributed by atoms with Crippen LogP contribution in [0, 0.1) is 0 Å². The molecule has 0 atom stereocenters. The van der Waals surface area contributed by atoms with Crippen molar-refractivity contribution in [1.82, 2.24) is 0 Å². The molecule has 2 nitrogen and oxygen atoms in total. The van der Waals surface area contributed by atoms with Gasteiger partial charge in [-0.05, 0) is 129 Å². The van der Waals surface area contributed by atoms with Gasteiger partial charge in [-0.1, -0.05) is 72.8 Å². The lowest BCUT2D eigenvalue weighted by Crippen LogP contribution is -1.78. The Balaban J connectivity index is 0.920. The lowest BCUT2D eigenvalue weighted by molar-refractivity contribution is 0.672. The molecule has 8 aromatic carbocycles. The second kappa shape index (κ2) is 10.7. The van der Waals surface area contributed by atoms with Crippen LogP contribution in [-0.4, -0.2) is 0 Å². The van der Waals surface area contributed by atoms with Crippen LogP contribution >= 0.6 is 22.7 Å². The lowest BCUT2D eigenvalue weighted by Gasteiger charge is -2.03. The number of fused-ring (bicyclic) bond motifs is 12. The highest BCUT2D eigenvalue weighted by atomic mass is 32.1. The van der Waals surface area contributed by atoms with E-state index in [1.54, 1.807) is 0 Å². The van der Waals surface area contributed by atoms with Crippen molar-refractivity contribution in [2.24, 2.45) is 0 Å². The maximum atomic E-state index is 6.64. The van der Waals surface area contributed by atoms with Crippen molar-refractivity contribution in [1.29, 1.82) is 0 Å². The zero-order valence-electron chi connectivity index (χ0n) is 27.6. The molecule has 0 amide bonds. The van der Waals surface area contributed by atoms with Gasteiger partial charge in [0.2, 0.25) is 0 Å². The van der Waals surface area contributed by atoms with Crippen molar-refractivity contribution >= 4 is 108 Å². The third-order valence-electron chi connectivity index (χ3n) is 10.7. The standard InChI is InChI=1S/C48H26O2S2/c1-3-7-43-31(5-1)25-45(51-43)33-13-15-35-29(21-33)11-19-39-37-17-9-27(23-41(37)49-47(35)39)28-10-18-38-40-20-12-30-22-34(14-16-36(30)48(40)50-42(38)24-28)46-26-32-6-2-4-8-44(32)52-46/h1-26H. The summed E-state index contributed by atoms with van der Waals surface area (Å²) >= 11 is 3.68. The van der Waals surface area contributed by atoms with Crippen molar-refractivity contribution < 1.29 is 8.83 Å². The second-order valence-corrected chi connectivity index (χ2v) is 15.8. The van der Waals surface area contributed by atoms with Crippen LogP contribution in [0.2, 0.25) is 0 Å². The summed E-state index contributed by atoms with van der Waals surface area (Å²) in [6.07, 6.45) is 0. The van der Waals surface area contributed by atoms with Crippen LogP contribution in [0.4, 0.5) is 0 Å². The van der Waals surface area contributed by atoms with Gasteiger partial charge in [-0.25, -0.2) is 0 Å². The van der Waals surface area contributed by atoms with Gasteiger partial charge in [0.15, 0.2) is 0 Å². The van der Waals surface area contributed by atoms with Gasteiger partial charge in [0.05, 0.1) is 0 Å². The van der Waals surface area contributed by atoms with Crippen LogP contribution < -0.4 is 0 Å². The van der Waals surface area contributed by atoms with E-state index in [0.29, 0.717) is 0 Å². The van der Waals surface area contributed by atoms with E-state index in [0.717, 1.165) is 65.8 Å². The molecule has 0 aliphatic heterocycles. The third-order valence-corrected chi connectivity index (χ3v) is 13.0. The molecule has 0 unspecified atom stereocenters. The first-order valence-electron chi connectivity index (χ1n) is 17.5. The van der Waals surface area contributed by atoms with Crippen LogP contribution in [0.5, 0.6) is 0 Å². The van der Waals surface area contributed by atoms with Gasteiger partial charge < -0.3 is 8.83 Å². The first-order valence-corrected chi connectivity index (χ1v) is 19.1. The van der Waals surface area contributed by atoms with Crippen LogP contribution in [-0.2, 0) is 0 Å². The molecule has 0 saturated heterocycles. The summed E-state index contributed by atoms with van der Waals surface area (Å²) in [4.78, 5) is 2.56. The number of hydrogen-bond acceptors (Lipinski definition) is 4. The molecule has 52 heavy (non-hydrogen) atoms. The van der Waals surface area contributed by atoms with Crippen LogP contribution in [0.3, 0.4) is 0 Å². The Labute approximate surface area is 305 Å². The van der Waals surface area contributed by atoms with E-state index in [1.807, 2.05) is 22.7 Å². The van der Waals surface area contributed by atoms with Crippen molar-refractivity contribution in [3.8, 4) is 32.0 Å². The minimum Gasteiger partial charge on any atom is -0.455 e. The molecule has 0 radical (unpaired) electrons.